The van der Waals surface area contributed by atoms with Crippen LogP contribution in [-0.2, 0) is 13.0 Å². The molecule has 2 N–H and O–H groups in total. The van der Waals surface area contributed by atoms with Crippen molar-refractivity contribution in [2.45, 2.75) is 13.0 Å². The zero-order valence-electron chi connectivity index (χ0n) is 10.7. The Morgan fingerprint density at radius 3 is 2.65 bits per heavy atom. The van der Waals surface area contributed by atoms with E-state index >= 15 is 0 Å². The van der Waals surface area contributed by atoms with Crippen molar-refractivity contribution >= 4 is 11.3 Å². The molecule has 0 atom stereocenters. The van der Waals surface area contributed by atoms with Gasteiger partial charge in [0.15, 0.2) is 0 Å². The first-order valence-corrected chi connectivity index (χ1v) is 7.07. The fraction of sp³-hybridized carbons (Fsp3) is 0.143. The molecule has 0 saturated heterocycles. The summed E-state index contributed by atoms with van der Waals surface area (Å²) in [7, 11) is 0. The highest BCUT2D eigenvalue weighted by Gasteiger charge is 2.14. The third-order valence-electron chi connectivity index (χ3n) is 3.03. The van der Waals surface area contributed by atoms with Crippen molar-refractivity contribution in [2.75, 3.05) is 0 Å². The number of rotatable bonds is 4. The molecule has 0 bridgehead atoms. The number of benzene rings is 1. The first kappa shape index (κ1) is 13.0. The summed E-state index contributed by atoms with van der Waals surface area (Å²) in [4.78, 5) is 1.21. The molecule has 0 radical (unpaired) electrons. The summed E-state index contributed by atoms with van der Waals surface area (Å²) in [6, 6.07) is 10.3. The Bertz CT molecular complexity index is 689. The van der Waals surface area contributed by atoms with Gasteiger partial charge in [-0.2, -0.15) is 0 Å². The molecule has 0 aliphatic rings. The van der Waals surface area contributed by atoms with Gasteiger partial charge in [0.25, 0.3) is 0 Å². The fourth-order valence-corrected chi connectivity index (χ4v) is 2.75. The second-order valence-corrected chi connectivity index (χ2v) is 5.36. The van der Waals surface area contributed by atoms with Crippen LogP contribution in [-0.4, -0.2) is 15.0 Å². The maximum atomic E-state index is 13.0. The lowest BCUT2D eigenvalue weighted by Gasteiger charge is -2.06. The minimum Gasteiger partial charge on any atom is -0.325 e. The van der Waals surface area contributed by atoms with Crippen LogP contribution in [0.4, 0.5) is 4.39 Å². The van der Waals surface area contributed by atoms with E-state index in [-0.39, 0.29) is 5.82 Å². The molecule has 0 unspecified atom stereocenters. The normalized spacial score (nSPS) is 10.9. The molecule has 0 fully saturated rings. The van der Waals surface area contributed by atoms with Crippen molar-refractivity contribution in [1.29, 1.82) is 0 Å². The van der Waals surface area contributed by atoms with Crippen LogP contribution in [0.15, 0.2) is 41.8 Å². The second kappa shape index (κ2) is 5.52. The molecule has 0 aliphatic heterocycles. The van der Waals surface area contributed by atoms with Crippen molar-refractivity contribution in [3.05, 3.63) is 63.9 Å². The summed E-state index contributed by atoms with van der Waals surface area (Å²) in [5, 5.41) is 10.3. The zero-order chi connectivity index (χ0) is 13.9. The Labute approximate surface area is 119 Å². The lowest BCUT2D eigenvalue weighted by molar-refractivity contribution is 0.626. The van der Waals surface area contributed by atoms with E-state index in [0.717, 1.165) is 17.1 Å². The smallest absolute Gasteiger partial charge is 0.123 e. The number of thiophene rings is 1. The predicted octanol–water partition coefficient (Wildman–Crippen LogP) is 2.52. The Morgan fingerprint density at radius 1 is 1.20 bits per heavy atom. The van der Waals surface area contributed by atoms with Gasteiger partial charge in [0.1, 0.15) is 11.5 Å². The van der Waals surface area contributed by atoms with Gasteiger partial charge in [0, 0.05) is 17.8 Å². The van der Waals surface area contributed by atoms with Gasteiger partial charge in [0.05, 0.1) is 11.4 Å². The minimum absolute atomic E-state index is 0.271. The average Bonchev–Trinajstić information content (AvgIpc) is 3.10. The Balaban J connectivity index is 2.02. The van der Waals surface area contributed by atoms with E-state index < -0.39 is 0 Å². The van der Waals surface area contributed by atoms with Gasteiger partial charge >= 0.3 is 0 Å². The molecule has 0 aliphatic carbocycles. The van der Waals surface area contributed by atoms with Crippen molar-refractivity contribution in [1.82, 2.24) is 15.0 Å². The molecule has 102 valence electrons. The number of halogens is 1. The molecule has 0 spiro atoms. The SMILES string of the molecule is NCc1nnn(-c2ccc(F)cc2)c1Cc1cccs1. The Kier molecular flexibility index (Phi) is 3.58. The highest BCUT2D eigenvalue weighted by Crippen LogP contribution is 2.19. The molecule has 0 amide bonds. The summed E-state index contributed by atoms with van der Waals surface area (Å²) in [5.74, 6) is -0.271. The molecule has 4 nitrogen and oxygen atoms in total. The van der Waals surface area contributed by atoms with Gasteiger partial charge in [-0.3, -0.25) is 0 Å². The number of aromatic nitrogens is 3. The summed E-state index contributed by atoms with van der Waals surface area (Å²) in [6.45, 7) is 0.335. The summed E-state index contributed by atoms with van der Waals surface area (Å²) >= 11 is 1.68. The van der Waals surface area contributed by atoms with Gasteiger partial charge in [-0.1, -0.05) is 11.3 Å². The van der Waals surface area contributed by atoms with Gasteiger partial charge in [-0.25, -0.2) is 9.07 Å². The molecule has 1 aromatic carbocycles. The van der Waals surface area contributed by atoms with Crippen LogP contribution in [0.1, 0.15) is 16.3 Å². The molecule has 6 heteroatoms. The van der Waals surface area contributed by atoms with E-state index in [1.54, 1.807) is 28.2 Å². The molecule has 20 heavy (non-hydrogen) atoms. The molecular weight excluding hydrogens is 275 g/mol. The van der Waals surface area contributed by atoms with Crippen LogP contribution in [0.2, 0.25) is 0 Å². The lowest BCUT2D eigenvalue weighted by Crippen LogP contribution is -2.06. The largest absolute Gasteiger partial charge is 0.325 e. The predicted molar refractivity (Wildman–Crippen MR) is 76.3 cm³/mol. The van der Waals surface area contributed by atoms with E-state index in [0.29, 0.717) is 13.0 Å². The molecule has 0 saturated carbocycles. The third kappa shape index (κ3) is 2.48. The average molecular weight is 288 g/mol. The molecule has 2 heterocycles. The first-order valence-electron chi connectivity index (χ1n) is 6.20. The maximum absolute atomic E-state index is 13.0. The van der Waals surface area contributed by atoms with Crippen molar-refractivity contribution < 1.29 is 4.39 Å². The highest BCUT2D eigenvalue weighted by molar-refractivity contribution is 7.09. The van der Waals surface area contributed by atoms with Crippen molar-refractivity contribution in [3.63, 3.8) is 0 Å². The molecule has 3 rings (SSSR count). The molecule has 3 aromatic rings. The summed E-state index contributed by atoms with van der Waals surface area (Å²) in [6.07, 6.45) is 0.717. The Morgan fingerprint density at radius 2 is 2.00 bits per heavy atom. The van der Waals surface area contributed by atoms with Crippen molar-refractivity contribution in [2.24, 2.45) is 5.73 Å². The number of hydrogen-bond donors (Lipinski definition) is 1. The zero-order valence-corrected chi connectivity index (χ0v) is 11.5. The van der Waals surface area contributed by atoms with E-state index in [1.807, 2.05) is 11.4 Å². The van der Waals surface area contributed by atoms with Crippen LogP contribution >= 0.6 is 11.3 Å². The van der Waals surface area contributed by atoms with E-state index in [4.69, 9.17) is 5.73 Å². The number of nitrogens with zero attached hydrogens (tertiary/aromatic N) is 3. The first-order chi connectivity index (χ1) is 9.78. The minimum atomic E-state index is -0.271. The van der Waals surface area contributed by atoms with E-state index in [2.05, 4.69) is 16.4 Å². The van der Waals surface area contributed by atoms with E-state index in [9.17, 15) is 4.39 Å². The quantitative estimate of drug-likeness (QED) is 0.802. The van der Waals surface area contributed by atoms with Gasteiger partial charge in [0.2, 0.25) is 0 Å². The van der Waals surface area contributed by atoms with Crippen LogP contribution in [0.3, 0.4) is 0 Å². The maximum Gasteiger partial charge on any atom is 0.123 e. The number of nitrogens with two attached hydrogens (primary N) is 1. The van der Waals surface area contributed by atoms with Crippen LogP contribution in [0.25, 0.3) is 5.69 Å². The lowest BCUT2D eigenvalue weighted by atomic mass is 10.2. The molecular formula is C14H13FN4S. The highest BCUT2D eigenvalue weighted by atomic mass is 32.1. The number of hydrogen-bond acceptors (Lipinski definition) is 4. The van der Waals surface area contributed by atoms with Gasteiger partial charge in [-0.15, -0.1) is 16.4 Å². The summed E-state index contributed by atoms with van der Waals surface area (Å²) in [5.41, 5.74) is 8.22. The Hall–Kier alpha value is -2.05. The molecule has 2 aromatic heterocycles. The van der Waals surface area contributed by atoms with Gasteiger partial charge in [-0.05, 0) is 35.7 Å². The third-order valence-corrected chi connectivity index (χ3v) is 3.91. The van der Waals surface area contributed by atoms with Crippen LogP contribution < -0.4 is 5.73 Å². The van der Waals surface area contributed by atoms with Gasteiger partial charge < -0.3 is 5.73 Å². The standard InChI is InChI=1S/C14H13FN4S/c15-10-3-5-11(6-4-10)19-14(13(9-16)17-18-19)8-12-2-1-7-20-12/h1-7H,8-9,16H2. The summed E-state index contributed by atoms with van der Waals surface area (Å²) < 4.78 is 14.7. The van der Waals surface area contributed by atoms with Crippen LogP contribution in [0.5, 0.6) is 0 Å². The topological polar surface area (TPSA) is 56.7 Å². The van der Waals surface area contributed by atoms with E-state index in [1.165, 1.54) is 17.0 Å². The fourth-order valence-electron chi connectivity index (χ4n) is 2.04. The van der Waals surface area contributed by atoms with Crippen molar-refractivity contribution in [3.8, 4) is 5.69 Å². The second-order valence-electron chi connectivity index (χ2n) is 4.33. The monoisotopic (exact) mass is 288 g/mol. The van der Waals surface area contributed by atoms with Crippen LogP contribution in [0, 0.1) is 5.82 Å².